The van der Waals surface area contributed by atoms with Crippen LogP contribution in [0.4, 0.5) is 10.5 Å². The number of nitrogens with one attached hydrogen (secondary N) is 3. The van der Waals surface area contributed by atoms with Gasteiger partial charge in [0, 0.05) is 23.0 Å². The average Bonchev–Trinajstić information content (AvgIpc) is 2.37. The van der Waals surface area contributed by atoms with Crippen LogP contribution in [0.3, 0.4) is 0 Å². The number of carbonyl (C=O) groups excluding carboxylic acids is 2. The minimum atomic E-state index is -3.18. The van der Waals surface area contributed by atoms with Crippen molar-refractivity contribution in [1.82, 2.24) is 10.6 Å². The molecule has 0 bridgehead atoms. The molecule has 0 aliphatic rings. The minimum absolute atomic E-state index is 0.169. The molecule has 1 atom stereocenters. The Labute approximate surface area is 134 Å². The highest BCUT2D eigenvalue weighted by molar-refractivity contribution is 7.90. The molecule has 0 aliphatic heterocycles. The van der Waals surface area contributed by atoms with E-state index >= 15 is 0 Å². The van der Waals surface area contributed by atoms with Crippen LogP contribution >= 0.6 is 11.6 Å². The van der Waals surface area contributed by atoms with Crippen LogP contribution in [0.1, 0.15) is 6.92 Å². The van der Waals surface area contributed by atoms with Crippen molar-refractivity contribution in [2.75, 3.05) is 23.9 Å². The molecule has 0 radical (unpaired) electrons. The Morgan fingerprint density at radius 3 is 2.36 bits per heavy atom. The van der Waals surface area contributed by atoms with Gasteiger partial charge in [0.05, 0.1) is 12.3 Å². The molecular formula is C13H18ClN3O4S. The smallest absolute Gasteiger partial charge is 0.315 e. The molecule has 1 aromatic rings. The van der Waals surface area contributed by atoms with E-state index in [-0.39, 0.29) is 12.3 Å². The predicted molar refractivity (Wildman–Crippen MR) is 85.8 cm³/mol. The highest BCUT2D eigenvalue weighted by Gasteiger charge is 2.13. The molecule has 9 heteroatoms. The van der Waals surface area contributed by atoms with Crippen LogP contribution in [-0.2, 0) is 14.6 Å². The third kappa shape index (κ3) is 7.84. The van der Waals surface area contributed by atoms with Gasteiger partial charge in [0.2, 0.25) is 5.91 Å². The fraction of sp³-hybridized carbons (Fsp3) is 0.385. The minimum Gasteiger partial charge on any atom is -0.335 e. The molecule has 122 valence electrons. The van der Waals surface area contributed by atoms with Crippen molar-refractivity contribution in [3.63, 3.8) is 0 Å². The van der Waals surface area contributed by atoms with Gasteiger partial charge in [-0.1, -0.05) is 11.6 Å². The quantitative estimate of drug-likeness (QED) is 0.714. The monoisotopic (exact) mass is 347 g/mol. The van der Waals surface area contributed by atoms with E-state index in [1.807, 2.05) is 0 Å². The lowest BCUT2D eigenvalue weighted by Gasteiger charge is -2.13. The van der Waals surface area contributed by atoms with Crippen molar-refractivity contribution in [3.8, 4) is 0 Å². The number of rotatable bonds is 6. The second kappa shape index (κ2) is 8.00. The third-order valence-corrected chi connectivity index (χ3v) is 3.83. The maximum absolute atomic E-state index is 11.6. The van der Waals surface area contributed by atoms with Crippen LogP contribution in [0.5, 0.6) is 0 Å². The number of amides is 3. The topological polar surface area (TPSA) is 104 Å². The van der Waals surface area contributed by atoms with E-state index in [4.69, 9.17) is 11.6 Å². The Bertz CT molecular complexity index is 631. The van der Waals surface area contributed by atoms with Crippen molar-refractivity contribution < 1.29 is 18.0 Å². The third-order valence-electron chi connectivity index (χ3n) is 2.47. The summed E-state index contributed by atoms with van der Waals surface area (Å²) in [5.41, 5.74) is 0.557. The SMILES string of the molecule is CC(CS(C)(=O)=O)NC(=O)NCC(=O)Nc1ccc(Cl)cc1. The Balaban J connectivity index is 2.34. The summed E-state index contributed by atoms with van der Waals surface area (Å²) >= 11 is 5.72. The largest absolute Gasteiger partial charge is 0.335 e. The van der Waals surface area contributed by atoms with Gasteiger partial charge in [-0.3, -0.25) is 4.79 Å². The fourth-order valence-electron chi connectivity index (χ4n) is 1.67. The molecular weight excluding hydrogens is 330 g/mol. The highest BCUT2D eigenvalue weighted by Crippen LogP contribution is 2.12. The van der Waals surface area contributed by atoms with Crippen LogP contribution in [-0.4, -0.2) is 45.0 Å². The lowest BCUT2D eigenvalue weighted by atomic mass is 10.3. The molecule has 1 unspecified atom stereocenters. The second-order valence-electron chi connectivity index (χ2n) is 4.88. The Hall–Kier alpha value is -1.80. The van der Waals surface area contributed by atoms with Crippen LogP contribution in [0.2, 0.25) is 5.02 Å². The van der Waals surface area contributed by atoms with Gasteiger partial charge in [0.1, 0.15) is 9.84 Å². The molecule has 0 fully saturated rings. The summed E-state index contributed by atoms with van der Waals surface area (Å²) < 4.78 is 22.1. The van der Waals surface area contributed by atoms with Gasteiger partial charge in [-0.15, -0.1) is 0 Å². The summed E-state index contributed by atoms with van der Waals surface area (Å²) in [6.07, 6.45) is 1.09. The second-order valence-corrected chi connectivity index (χ2v) is 7.50. The van der Waals surface area contributed by atoms with Crippen molar-refractivity contribution in [2.45, 2.75) is 13.0 Å². The lowest BCUT2D eigenvalue weighted by Crippen LogP contribution is -2.45. The molecule has 0 saturated heterocycles. The fourth-order valence-corrected chi connectivity index (χ4v) is 2.79. The van der Waals surface area contributed by atoms with E-state index in [2.05, 4.69) is 16.0 Å². The van der Waals surface area contributed by atoms with Crippen molar-refractivity contribution in [2.24, 2.45) is 0 Å². The lowest BCUT2D eigenvalue weighted by molar-refractivity contribution is -0.115. The van der Waals surface area contributed by atoms with E-state index in [0.717, 1.165) is 6.26 Å². The Kier molecular flexibility index (Phi) is 6.63. The molecule has 1 rings (SSSR count). The first-order chi connectivity index (χ1) is 10.2. The van der Waals surface area contributed by atoms with Crippen molar-refractivity contribution in [1.29, 1.82) is 0 Å². The maximum Gasteiger partial charge on any atom is 0.315 e. The summed E-state index contributed by atoms with van der Waals surface area (Å²) in [5.74, 6) is -0.578. The first-order valence-electron chi connectivity index (χ1n) is 6.43. The van der Waals surface area contributed by atoms with Gasteiger partial charge >= 0.3 is 6.03 Å². The first-order valence-corrected chi connectivity index (χ1v) is 8.87. The molecule has 7 nitrogen and oxygen atoms in total. The Morgan fingerprint density at radius 1 is 1.23 bits per heavy atom. The van der Waals surface area contributed by atoms with Crippen molar-refractivity contribution in [3.05, 3.63) is 29.3 Å². The van der Waals surface area contributed by atoms with Crippen LogP contribution in [0.15, 0.2) is 24.3 Å². The summed E-state index contributed by atoms with van der Waals surface area (Å²) in [6, 6.07) is 5.37. The van der Waals surface area contributed by atoms with E-state index in [1.165, 1.54) is 0 Å². The summed E-state index contributed by atoms with van der Waals surface area (Å²) in [6.45, 7) is 1.33. The predicted octanol–water partition coefficient (Wildman–Crippen LogP) is 1.01. The molecule has 0 aliphatic carbocycles. The highest BCUT2D eigenvalue weighted by atomic mass is 35.5. The zero-order valence-electron chi connectivity index (χ0n) is 12.2. The number of hydrogen-bond donors (Lipinski definition) is 3. The summed E-state index contributed by atoms with van der Waals surface area (Å²) in [4.78, 5) is 23.2. The molecule has 3 N–H and O–H groups in total. The van der Waals surface area contributed by atoms with Crippen LogP contribution in [0.25, 0.3) is 0 Å². The number of sulfone groups is 1. The van der Waals surface area contributed by atoms with E-state index in [1.54, 1.807) is 31.2 Å². The van der Waals surface area contributed by atoms with Gasteiger partial charge in [0.15, 0.2) is 0 Å². The molecule has 1 aromatic carbocycles. The van der Waals surface area contributed by atoms with Crippen molar-refractivity contribution >= 4 is 39.1 Å². The van der Waals surface area contributed by atoms with E-state index in [0.29, 0.717) is 10.7 Å². The summed E-state index contributed by atoms with van der Waals surface area (Å²) in [5, 5.41) is 7.92. The molecule has 22 heavy (non-hydrogen) atoms. The van der Waals surface area contributed by atoms with Gasteiger partial charge in [-0.05, 0) is 31.2 Å². The number of hydrogen-bond acceptors (Lipinski definition) is 4. The van der Waals surface area contributed by atoms with Crippen LogP contribution < -0.4 is 16.0 Å². The van der Waals surface area contributed by atoms with E-state index < -0.39 is 27.8 Å². The number of urea groups is 1. The Morgan fingerprint density at radius 2 is 1.82 bits per heavy atom. The van der Waals surface area contributed by atoms with Gasteiger partial charge < -0.3 is 16.0 Å². The average molecular weight is 348 g/mol. The molecule has 0 heterocycles. The molecule has 0 aromatic heterocycles. The number of carbonyl (C=O) groups is 2. The van der Waals surface area contributed by atoms with E-state index in [9.17, 15) is 18.0 Å². The zero-order valence-corrected chi connectivity index (χ0v) is 13.8. The van der Waals surface area contributed by atoms with Gasteiger partial charge in [0.25, 0.3) is 0 Å². The van der Waals surface area contributed by atoms with Gasteiger partial charge in [-0.25, -0.2) is 13.2 Å². The normalized spacial score (nSPS) is 12.3. The molecule has 3 amide bonds. The zero-order chi connectivity index (χ0) is 16.8. The maximum atomic E-state index is 11.6. The number of halogens is 1. The number of benzene rings is 1. The number of anilines is 1. The molecule has 0 saturated carbocycles. The van der Waals surface area contributed by atoms with Crippen LogP contribution in [0, 0.1) is 0 Å². The van der Waals surface area contributed by atoms with Gasteiger partial charge in [-0.2, -0.15) is 0 Å². The standard InChI is InChI=1S/C13H18ClN3O4S/c1-9(8-22(2,20)21)16-13(19)15-7-12(18)17-11-5-3-10(14)4-6-11/h3-6,9H,7-8H2,1-2H3,(H,17,18)(H2,15,16,19). The summed E-state index contributed by atoms with van der Waals surface area (Å²) in [7, 11) is -3.18. The first kappa shape index (κ1) is 18.2. The molecule has 0 spiro atoms.